The van der Waals surface area contributed by atoms with Gasteiger partial charge in [-0.2, -0.15) is 0 Å². The SMILES string of the molecule is CNCC(O)C(O)c1cc(C)ccc1C(=O)O. The third-order valence-corrected chi connectivity index (χ3v) is 2.53. The second-order valence-corrected chi connectivity index (χ2v) is 3.97. The Kier molecular flexibility index (Phi) is 4.62. The van der Waals surface area contributed by atoms with Crippen LogP contribution < -0.4 is 5.32 Å². The third kappa shape index (κ3) is 3.26. The van der Waals surface area contributed by atoms with Crippen LogP contribution in [0.4, 0.5) is 0 Å². The van der Waals surface area contributed by atoms with Gasteiger partial charge in [0.2, 0.25) is 0 Å². The van der Waals surface area contributed by atoms with Crippen molar-refractivity contribution in [2.24, 2.45) is 0 Å². The summed E-state index contributed by atoms with van der Waals surface area (Å²) < 4.78 is 0. The number of aliphatic hydroxyl groups excluding tert-OH is 2. The van der Waals surface area contributed by atoms with Gasteiger partial charge in [0.25, 0.3) is 0 Å². The molecule has 2 atom stereocenters. The van der Waals surface area contributed by atoms with Gasteiger partial charge in [0.15, 0.2) is 0 Å². The lowest BCUT2D eigenvalue weighted by atomic mass is 9.96. The predicted molar refractivity (Wildman–Crippen MR) is 63.0 cm³/mol. The Morgan fingerprint density at radius 1 is 1.41 bits per heavy atom. The van der Waals surface area contributed by atoms with E-state index < -0.39 is 18.2 Å². The van der Waals surface area contributed by atoms with Crippen LogP contribution in [0.2, 0.25) is 0 Å². The van der Waals surface area contributed by atoms with E-state index in [9.17, 15) is 15.0 Å². The summed E-state index contributed by atoms with van der Waals surface area (Å²) in [5, 5.41) is 31.3. The monoisotopic (exact) mass is 239 g/mol. The van der Waals surface area contributed by atoms with E-state index in [4.69, 9.17) is 5.11 Å². The van der Waals surface area contributed by atoms with Crippen LogP contribution in [0, 0.1) is 6.92 Å². The van der Waals surface area contributed by atoms with E-state index in [0.717, 1.165) is 5.56 Å². The number of carbonyl (C=O) groups is 1. The first kappa shape index (κ1) is 13.6. The van der Waals surface area contributed by atoms with Crippen LogP contribution in [0.3, 0.4) is 0 Å². The first-order chi connectivity index (χ1) is 7.97. The number of aryl methyl sites for hydroxylation is 1. The van der Waals surface area contributed by atoms with Gasteiger partial charge < -0.3 is 20.6 Å². The highest BCUT2D eigenvalue weighted by Crippen LogP contribution is 2.22. The molecule has 0 aliphatic rings. The van der Waals surface area contributed by atoms with Crippen molar-refractivity contribution in [2.75, 3.05) is 13.6 Å². The molecule has 1 aromatic rings. The van der Waals surface area contributed by atoms with Crippen molar-refractivity contribution < 1.29 is 20.1 Å². The second kappa shape index (κ2) is 5.77. The van der Waals surface area contributed by atoms with Crippen molar-refractivity contribution in [1.29, 1.82) is 0 Å². The van der Waals surface area contributed by atoms with Crippen molar-refractivity contribution in [3.8, 4) is 0 Å². The maximum absolute atomic E-state index is 11.0. The summed E-state index contributed by atoms with van der Waals surface area (Å²) in [4.78, 5) is 11.0. The first-order valence-corrected chi connectivity index (χ1v) is 5.32. The summed E-state index contributed by atoms with van der Waals surface area (Å²) in [6, 6.07) is 4.67. The van der Waals surface area contributed by atoms with Crippen molar-refractivity contribution in [3.63, 3.8) is 0 Å². The third-order valence-electron chi connectivity index (χ3n) is 2.53. The average molecular weight is 239 g/mol. The molecule has 0 aromatic heterocycles. The van der Waals surface area contributed by atoms with Gasteiger partial charge in [0.1, 0.15) is 6.10 Å². The Labute approximate surface area is 99.7 Å². The topological polar surface area (TPSA) is 89.8 Å². The molecule has 0 aliphatic heterocycles. The number of aliphatic hydroxyl groups is 2. The number of carboxylic acids is 1. The maximum atomic E-state index is 11.0. The van der Waals surface area contributed by atoms with Crippen molar-refractivity contribution in [1.82, 2.24) is 5.32 Å². The molecule has 94 valence electrons. The van der Waals surface area contributed by atoms with Gasteiger partial charge in [-0.3, -0.25) is 0 Å². The van der Waals surface area contributed by atoms with Gasteiger partial charge in [-0.05, 0) is 25.6 Å². The van der Waals surface area contributed by atoms with Gasteiger partial charge in [-0.15, -0.1) is 0 Å². The van der Waals surface area contributed by atoms with E-state index in [2.05, 4.69) is 5.32 Å². The number of aromatic carboxylic acids is 1. The lowest BCUT2D eigenvalue weighted by Gasteiger charge is -2.19. The fourth-order valence-corrected chi connectivity index (χ4v) is 1.65. The largest absolute Gasteiger partial charge is 0.478 e. The fraction of sp³-hybridized carbons (Fsp3) is 0.417. The molecule has 1 aromatic carbocycles. The summed E-state index contributed by atoms with van der Waals surface area (Å²) in [7, 11) is 1.64. The Balaban J connectivity index is 3.10. The summed E-state index contributed by atoms with van der Waals surface area (Å²) in [6.45, 7) is 1.99. The van der Waals surface area contributed by atoms with Crippen LogP contribution in [-0.2, 0) is 0 Å². The number of carboxylic acid groups (broad SMARTS) is 1. The average Bonchev–Trinajstić information content (AvgIpc) is 2.27. The second-order valence-electron chi connectivity index (χ2n) is 3.97. The maximum Gasteiger partial charge on any atom is 0.336 e. The molecular formula is C12H17NO4. The van der Waals surface area contributed by atoms with Crippen molar-refractivity contribution in [2.45, 2.75) is 19.1 Å². The van der Waals surface area contributed by atoms with Crippen LogP contribution in [0.25, 0.3) is 0 Å². The number of benzene rings is 1. The smallest absolute Gasteiger partial charge is 0.336 e. The summed E-state index contributed by atoms with van der Waals surface area (Å²) in [6.07, 6.45) is -2.26. The summed E-state index contributed by atoms with van der Waals surface area (Å²) in [5.41, 5.74) is 1.08. The molecule has 0 heterocycles. The van der Waals surface area contributed by atoms with E-state index >= 15 is 0 Å². The highest BCUT2D eigenvalue weighted by Gasteiger charge is 2.23. The van der Waals surface area contributed by atoms with Gasteiger partial charge in [0.05, 0.1) is 11.7 Å². The van der Waals surface area contributed by atoms with Crippen LogP contribution in [-0.4, -0.2) is 41.0 Å². The molecular weight excluding hydrogens is 222 g/mol. The number of hydrogen-bond acceptors (Lipinski definition) is 4. The summed E-state index contributed by atoms with van der Waals surface area (Å²) >= 11 is 0. The molecule has 0 spiro atoms. The van der Waals surface area contributed by atoms with Crippen molar-refractivity contribution >= 4 is 5.97 Å². The predicted octanol–water partition coefficient (Wildman–Crippen LogP) is 0.307. The minimum absolute atomic E-state index is 0.0123. The Bertz CT molecular complexity index is 405. The van der Waals surface area contributed by atoms with Crippen LogP contribution >= 0.6 is 0 Å². The molecule has 0 fully saturated rings. The molecule has 4 N–H and O–H groups in total. The van der Waals surface area contributed by atoms with Gasteiger partial charge >= 0.3 is 5.97 Å². The first-order valence-electron chi connectivity index (χ1n) is 5.32. The molecule has 0 saturated heterocycles. The van der Waals surface area contributed by atoms with Crippen LogP contribution in [0.15, 0.2) is 18.2 Å². The zero-order valence-corrected chi connectivity index (χ0v) is 9.84. The molecule has 1 rings (SSSR count). The molecule has 17 heavy (non-hydrogen) atoms. The van der Waals surface area contributed by atoms with E-state index in [1.54, 1.807) is 26.1 Å². The normalized spacial score (nSPS) is 14.4. The lowest BCUT2D eigenvalue weighted by Crippen LogP contribution is -2.30. The molecule has 0 radical (unpaired) electrons. The molecule has 2 unspecified atom stereocenters. The standard InChI is InChI=1S/C12H17NO4/c1-7-3-4-8(12(16)17)9(5-7)11(15)10(14)6-13-2/h3-5,10-11,13-15H,6H2,1-2H3,(H,16,17). The molecule has 5 nitrogen and oxygen atoms in total. The van der Waals surface area contributed by atoms with Crippen molar-refractivity contribution in [3.05, 3.63) is 34.9 Å². The molecule has 0 aliphatic carbocycles. The zero-order valence-electron chi connectivity index (χ0n) is 9.84. The molecule has 0 amide bonds. The minimum Gasteiger partial charge on any atom is -0.478 e. The number of hydrogen-bond donors (Lipinski definition) is 4. The Hall–Kier alpha value is -1.43. The molecule has 5 heteroatoms. The highest BCUT2D eigenvalue weighted by molar-refractivity contribution is 5.89. The minimum atomic E-state index is -1.21. The zero-order chi connectivity index (χ0) is 13.0. The molecule has 0 saturated carbocycles. The molecule has 0 bridgehead atoms. The van der Waals surface area contributed by atoms with E-state index in [0.29, 0.717) is 0 Å². The lowest BCUT2D eigenvalue weighted by molar-refractivity contribution is 0.0191. The van der Waals surface area contributed by atoms with E-state index in [1.165, 1.54) is 6.07 Å². The fourth-order valence-electron chi connectivity index (χ4n) is 1.65. The quantitative estimate of drug-likeness (QED) is 0.593. The van der Waals surface area contributed by atoms with Crippen LogP contribution in [0.5, 0.6) is 0 Å². The van der Waals surface area contributed by atoms with Gasteiger partial charge in [-0.1, -0.05) is 17.7 Å². The van der Waals surface area contributed by atoms with E-state index in [-0.39, 0.29) is 17.7 Å². The highest BCUT2D eigenvalue weighted by atomic mass is 16.4. The Morgan fingerprint density at radius 3 is 2.59 bits per heavy atom. The number of likely N-dealkylation sites (N-methyl/N-ethyl adjacent to an activating group) is 1. The van der Waals surface area contributed by atoms with Crippen LogP contribution in [0.1, 0.15) is 27.6 Å². The van der Waals surface area contributed by atoms with Gasteiger partial charge in [-0.25, -0.2) is 4.79 Å². The number of nitrogens with one attached hydrogen (secondary N) is 1. The van der Waals surface area contributed by atoms with E-state index in [1.807, 2.05) is 0 Å². The summed E-state index contributed by atoms with van der Waals surface area (Å²) in [5.74, 6) is -1.12. The Morgan fingerprint density at radius 2 is 2.06 bits per heavy atom. The number of rotatable bonds is 5. The van der Waals surface area contributed by atoms with Gasteiger partial charge in [0, 0.05) is 6.54 Å².